The number of nitrogens with one attached hydrogen (secondary N) is 1. The van der Waals surface area contributed by atoms with Gasteiger partial charge in [0.1, 0.15) is 16.9 Å². The van der Waals surface area contributed by atoms with E-state index >= 15 is 0 Å². The highest BCUT2D eigenvalue weighted by atomic mass is 32.2. The summed E-state index contributed by atoms with van der Waals surface area (Å²) < 4.78 is 7.03. The van der Waals surface area contributed by atoms with Gasteiger partial charge in [0.05, 0.1) is 7.11 Å². The number of nitrogens with zero attached hydrogens (tertiary/aromatic N) is 3. The molecule has 23 heavy (non-hydrogen) atoms. The summed E-state index contributed by atoms with van der Waals surface area (Å²) >= 11 is 1.52. The minimum absolute atomic E-state index is 0.0984. The number of rotatable bonds is 3. The lowest BCUT2D eigenvalue weighted by Crippen LogP contribution is -2.13. The number of methoxy groups -OCH3 is 1. The summed E-state index contributed by atoms with van der Waals surface area (Å²) in [5.41, 5.74) is 5.09. The van der Waals surface area contributed by atoms with Crippen molar-refractivity contribution in [1.82, 2.24) is 14.9 Å². The van der Waals surface area contributed by atoms with Crippen molar-refractivity contribution in [2.75, 3.05) is 12.5 Å². The molecule has 2 heterocycles. The van der Waals surface area contributed by atoms with Crippen molar-refractivity contribution < 1.29 is 9.84 Å². The normalized spacial score (nSPS) is 16.0. The van der Waals surface area contributed by atoms with Gasteiger partial charge in [0.15, 0.2) is 5.82 Å². The molecule has 2 aromatic carbocycles. The van der Waals surface area contributed by atoms with Crippen LogP contribution in [0.25, 0.3) is 11.4 Å². The maximum Gasteiger partial charge on any atom is 0.212 e. The topological polar surface area (TPSA) is 72.2 Å². The number of thioether (sulfide) groups is 1. The monoisotopic (exact) mass is 326 g/mol. The average Bonchev–Trinajstić information content (AvgIpc) is 3.16. The lowest BCUT2D eigenvalue weighted by atomic mass is 10.2. The fourth-order valence-electron chi connectivity index (χ4n) is 2.48. The Bertz CT molecular complexity index is 848. The first-order chi connectivity index (χ1) is 11.3. The van der Waals surface area contributed by atoms with Gasteiger partial charge in [0.2, 0.25) is 5.16 Å². The highest BCUT2D eigenvalue weighted by molar-refractivity contribution is 7.99. The summed E-state index contributed by atoms with van der Waals surface area (Å²) in [7, 11) is 1.64. The van der Waals surface area contributed by atoms with Gasteiger partial charge in [0, 0.05) is 11.1 Å². The highest BCUT2D eigenvalue weighted by Gasteiger charge is 2.29. The molecule has 1 atom stereocenters. The predicted molar refractivity (Wildman–Crippen MR) is 88.1 cm³/mol. The highest BCUT2D eigenvalue weighted by Crippen LogP contribution is 2.42. The number of aromatic nitrogens is 3. The van der Waals surface area contributed by atoms with E-state index in [1.807, 2.05) is 41.1 Å². The number of phenols is 1. The summed E-state index contributed by atoms with van der Waals surface area (Å²) in [6.45, 7) is 0. The van der Waals surface area contributed by atoms with E-state index < -0.39 is 0 Å². The molecule has 0 fully saturated rings. The Kier molecular flexibility index (Phi) is 3.34. The molecule has 6 nitrogen and oxygen atoms in total. The van der Waals surface area contributed by atoms with E-state index in [9.17, 15) is 5.11 Å². The molecule has 0 bridgehead atoms. The van der Waals surface area contributed by atoms with Crippen LogP contribution in [0.1, 0.15) is 10.9 Å². The number of hydrogen-bond acceptors (Lipinski definition) is 6. The Morgan fingerprint density at radius 2 is 1.91 bits per heavy atom. The second kappa shape index (κ2) is 5.51. The van der Waals surface area contributed by atoms with E-state index in [2.05, 4.69) is 15.6 Å². The van der Waals surface area contributed by atoms with Gasteiger partial charge in [-0.15, -0.1) is 10.2 Å². The summed E-state index contributed by atoms with van der Waals surface area (Å²) in [5.74, 6) is 1.79. The molecule has 1 aromatic heterocycles. The van der Waals surface area contributed by atoms with Crippen LogP contribution in [0.2, 0.25) is 0 Å². The molecular weight excluding hydrogens is 312 g/mol. The van der Waals surface area contributed by atoms with Crippen LogP contribution in [0.5, 0.6) is 11.5 Å². The summed E-state index contributed by atoms with van der Waals surface area (Å²) in [6, 6.07) is 14.9. The summed E-state index contributed by atoms with van der Waals surface area (Å²) in [6.07, 6.45) is 0. The van der Waals surface area contributed by atoms with Crippen LogP contribution in [0.4, 0.5) is 0 Å². The number of ether oxygens (including phenoxy) is 1. The average molecular weight is 326 g/mol. The van der Waals surface area contributed by atoms with Gasteiger partial charge in [-0.05, 0) is 30.3 Å². The third-order valence-electron chi connectivity index (χ3n) is 3.67. The number of phenolic OH excluding ortho intramolecular Hbond substituents is 1. The molecule has 0 radical (unpaired) electrons. The minimum atomic E-state index is -0.0984. The van der Waals surface area contributed by atoms with Crippen molar-refractivity contribution in [2.45, 2.75) is 10.5 Å². The molecule has 1 aliphatic heterocycles. The van der Waals surface area contributed by atoms with E-state index in [0.717, 1.165) is 27.9 Å². The van der Waals surface area contributed by atoms with Gasteiger partial charge < -0.3 is 15.3 Å². The zero-order valence-electron chi connectivity index (χ0n) is 12.3. The summed E-state index contributed by atoms with van der Waals surface area (Å²) in [5, 5.41) is 19.2. The molecule has 0 saturated carbocycles. The van der Waals surface area contributed by atoms with Gasteiger partial charge in [-0.2, -0.15) is 0 Å². The third kappa shape index (κ3) is 2.39. The molecular formula is C16H14N4O2S. The number of benzene rings is 2. The maximum atomic E-state index is 10.0. The molecule has 3 aromatic rings. The molecule has 0 amide bonds. The van der Waals surface area contributed by atoms with E-state index in [1.54, 1.807) is 19.2 Å². The smallest absolute Gasteiger partial charge is 0.212 e. The standard InChI is InChI=1S/C16H14N4O2S/c1-22-11-8-6-10(7-9-11)14-17-18-16-20(14)19-15(23-16)12-4-2-3-5-13(12)21/h2-9,15,19,21H,1H3/t15-/m0/s1. The van der Waals surface area contributed by atoms with Crippen molar-refractivity contribution in [3.8, 4) is 22.9 Å². The number of hydrogen-bond donors (Lipinski definition) is 2. The van der Waals surface area contributed by atoms with Crippen LogP contribution in [-0.4, -0.2) is 27.1 Å². The lowest BCUT2D eigenvalue weighted by molar-refractivity contribution is 0.415. The summed E-state index contributed by atoms with van der Waals surface area (Å²) in [4.78, 5) is 0. The number of fused-ring (bicyclic) bond motifs is 1. The van der Waals surface area contributed by atoms with Crippen molar-refractivity contribution in [3.05, 3.63) is 54.1 Å². The quantitative estimate of drug-likeness (QED) is 0.771. The van der Waals surface area contributed by atoms with Crippen LogP contribution < -0.4 is 10.2 Å². The molecule has 1 aliphatic rings. The molecule has 0 unspecified atom stereocenters. The van der Waals surface area contributed by atoms with Gasteiger partial charge in [-0.3, -0.25) is 0 Å². The first-order valence-corrected chi connectivity index (χ1v) is 7.95. The molecule has 0 saturated heterocycles. The second-order valence-corrected chi connectivity index (χ2v) is 6.13. The zero-order valence-corrected chi connectivity index (χ0v) is 13.1. The maximum absolute atomic E-state index is 10.0. The first-order valence-electron chi connectivity index (χ1n) is 7.07. The van der Waals surface area contributed by atoms with Crippen LogP contribution in [0, 0.1) is 0 Å². The zero-order chi connectivity index (χ0) is 15.8. The van der Waals surface area contributed by atoms with Crippen LogP contribution in [-0.2, 0) is 0 Å². The van der Waals surface area contributed by atoms with Crippen molar-refractivity contribution in [2.24, 2.45) is 0 Å². The Morgan fingerprint density at radius 1 is 1.13 bits per heavy atom. The fraction of sp³-hybridized carbons (Fsp3) is 0.125. The van der Waals surface area contributed by atoms with E-state index in [-0.39, 0.29) is 11.1 Å². The lowest BCUT2D eigenvalue weighted by Gasteiger charge is -2.13. The molecule has 7 heteroatoms. The Balaban J connectivity index is 1.65. The third-order valence-corrected chi connectivity index (χ3v) is 4.74. The van der Waals surface area contributed by atoms with E-state index in [4.69, 9.17) is 4.74 Å². The van der Waals surface area contributed by atoms with E-state index in [0.29, 0.717) is 0 Å². The number of aromatic hydroxyl groups is 1. The predicted octanol–water partition coefficient (Wildman–Crippen LogP) is 3.01. The molecule has 0 aliphatic carbocycles. The van der Waals surface area contributed by atoms with Gasteiger partial charge >= 0.3 is 0 Å². The van der Waals surface area contributed by atoms with Crippen LogP contribution in [0.15, 0.2) is 53.7 Å². The fourth-order valence-corrected chi connectivity index (χ4v) is 3.51. The Hall–Kier alpha value is -2.67. The first kappa shape index (κ1) is 14.0. The largest absolute Gasteiger partial charge is 0.508 e. The molecule has 2 N–H and O–H groups in total. The van der Waals surface area contributed by atoms with Gasteiger partial charge in [-0.25, -0.2) is 4.68 Å². The van der Waals surface area contributed by atoms with Crippen LogP contribution in [0.3, 0.4) is 0 Å². The molecule has 0 spiro atoms. The van der Waals surface area contributed by atoms with Gasteiger partial charge in [0.25, 0.3) is 0 Å². The van der Waals surface area contributed by atoms with Crippen molar-refractivity contribution in [3.63, 3.8) is 0 Å². The van der Waals surface area contributed by atoms with Crippen molar-refractivity contribution >= 4 is 11.8 Å². The number of para-hydroxylation sites is 1. The SMILES string of the molecule is COc1ccc(-c2nnc3n2N[C@H](c2ccccc2O)S3)cc1. The van der Waals surface area contributed by atoms with Crippen molar-refractivity contribution in [1.29, 1.82) is 0 Å². The van der Waals surface area contributed by atoms with E-state index in [1.165, 1.54) is 11.8 Å². The van der Waals surface area contributed by atoms with Gasteiger partial charge in [-0.1, -0.05) is 30.0 Å². The molecule has 116 valence electrons. The minimum Gasteiger partial charge on any atom is -0.508 e. The Morgan fingerprint density at radius 3 is 2.65 bits per heavy atom. The molecule has 4 rings (SSSR count). The second-order valence-electron chi connectivity index (χ2n) is 5.06. The van der Waals surface area contributed by atoms with Crippen LogP contribution >= 0.6 is 11.8 Å². The Labute approximate surface area is 137 Å².